The van der Waals surface area contributed by atoms with Gasteiger partial charge in [-0.15, -0.1) is 0 Å². The van der Waals surface area contributed by atoms with Crippen LogP contribution in [0.25, 0.3) is 0 Å². The van der Waals surface area contributed by atoms with Crippen LogP contribution >= 0.6 is 0 Å². The standard InChI is InChI=1S/C20H28N6O/c1-4-25(5-2)18-8-6-17(7-9-18)15-21-24-19-14-20(23-16(3)22-19)26-10-12-27-13-11-26/h6-9,14-15H,4-5,10-13H2,1-3H3,(H,22,23,24). The molecule has 0 aliphatic carbocycles. The fourth-order valence-electron chi connectivity index (χ4n) is 3.10. The normalized spacial score (nSPS) is 14.6. The summed E-state index contributed by atoms with van der Waals surface area (Å²) in [5.41, 5.74) is 5.29. The lowest BCUT2D eigenvalue weighted by Crippen LogP contribution is -2.36. The highest BCUT2D eigenvalue weighted by Gasteiger charge is 2.13. The Kier molecular flexibility index (Phi) is 6.59. The number of hydrazone groups is 1. The van der Waals surface area contributed by atoms with Gasteiger partial charge in [-0.3, -0.25) is 5.43 Å². The number of hydrogen-bond donors (Lipinski definition) is 1. The summed E-state index contributed by atoms with van der Waals surface area (Å²) in [6.07, 6.45) is 1.80. The second kappa shape index (κ2) is 9.32. The van der Waals surface area contributed by atoms with Crippen LogP contribution in [0.1, 0.15) is 25.2 Å². The van der Waals surface area contributed by atoms with Gasteiger partial charge in [0, 0.05) is 37.9 Å². The summed E-state index contributed by atoms with van der Waals surface area (Å²) in [4.78, 5) is 13.5. The summed E-state index contributed by atoms with van der Waals surface area (Å²) in [6, 6.07) is 10.3. The van der Waals surface area contributed by atoms with E-state index in [1.807, 2.05) is 13.0 Å². The quantitative estimate of drug-likeness (QED) is 0.599. The molecule has 144 valence electrons. The van der Waals surface area contributed by atoms with Gasteiger partial charge in [-0.1, -0.05) is 12.1 Å². The van der Waals surface area contributed by atoms with Crippen molar-refractivity contribution in [3.63, 3.8) is 0 Å². The maximum atomic E-state index is 5.41. The van der Waals surface area contributed by atoms with Crippen LogP contribution < -0.4 is 15.2 Å². The van der Waals surface area contributed by atoms with E-state index in [-0.39, 0.29) is 0 Å². The Balaban J connectivity index is 1.64. The topological polar surface area (TPSA) is 65.9 Å². The number of nitrogens with zero attached hydrogens (tertiary/aromatic N) is 5. The molecule has 2 aromatic rings. The second-order valence-corrected chi connectivity index (χ2v) is 6.39. The first kappa shape index (κ1) is 19.1. The van der Waals surface area contributed by atoms with Crippen LogP contribution in [0.15, 0.2) is 35.4 Å². The first-order valence-electron chi connectivity index (χ1n) is 9.52. The predicted octanol–water partition coefficient (Wildman–Crippen LogP) is 2.91. The van der Waals surface area contributed by atoms with Gasteiger partial charge in [-0.05, 0) is 38.5 Å². The molecule has 0 spiro atoms. The smallest absolute Gasteiger partial charge is 0.152 e. The van der Waals surface area contributed by atoms with Gasteiger partial charge in [0.1, 0.15) is 11.6 Å². The van der Waals surface area contributed by atoms with E-state index in [1.165, 1.54) is 5.69 Å². The Labute approximate surface area is 161 Å². The van der Waals surface area contributed by atoms with Crippen molar-refractivity contribution in [2.45, 2.75) is 20.8 Å². The van der Waals surface area contributed by atoms with E-state index in [9.17, 15) is 0 Å². The third kappa shape index (κ3) is 5.17. The van der Waals surface area contributed by atoms with Gasteiger partial charge in [-0.2, -0.15) is 5.10 Å². The molecule has 2 heterocycles. The van der Waals surface area contributed by atoms with Gasteiger partial charge < -0.3 is 14.5 Å². The molecule has 27 heavy (non-hydrogen) atoms. The number of aromatic nitrogens is 2. The lowest BCUT2D eigenvalue weighted by atomic mass is 10.2. The average Bonchev–Trinajstić information content (AvgIpc) is 2.70. The maximum Gasteiger partial charge on any atom is 0.152 e. The highest BCUT2D eigenvalue weighted by molar-refractivity contribution is 5.80. The Morgan fingerprint density at radius 1 is 1.15 bits per heavy atom. The fraction of sp³-hybridized carbons (Fsp3) is 0.450. The van der Waals surface area contributed by atoms with E-state index in [4.69, 9.17) is 4.74 Å². The number of morpholine rings is 1. The van der Waals surface area contributed by atoms with Gasteiger partial charge >= 0.3 is 0 Å². The highest BCUT2D eigenvalue weighted by Crippen LogP contribution is 2.17. The summed E-state index contributed by atoms with van der Waals surface area (Å²) in [5, 5.41) is 4.33. The Hall–Kier alpha value is -2.67. The van der Waals surface area contributed by atoms with Crippen LogP contribution in [0, 0.1) is 6.92 Å². The van der Waals surface area contributed by atoms with Crippen molar-refractivity contribution in [3.05, 3.63) is 41.7 Å². The maximum absolute atomic E-state index is 5.41. The van der Waals surface area contributed by atoms with Crippen LogP contribution in [-0.4, -0.2) is 55.6 Å². The minimum atomic E-state index is 0.694. The molecule has 0 saturated carbocycles. The van der Waals surface area contributed by atoms with Gasteiger partial charge in [0.2, 0.25) is 0 Å². The third-order valence-corrected chi connectivity index (χ3v) is 4.57. The molecule has 1 saturated heterocycles. The van der Waals surface area contributed by atoms with Gasteiger partial charge in [0.05, 0.1) is 19.4 Å². The SMILES string of the molecule is CCN(CC)c1ccc(C=NNc2cc(N3CCOCC3)nc(C)n2)cc1. The monoisotopic (exact) mass is 368 g/mol. The summed E-state index contributed by atoms with van der Waals surface area (Å²) >= 11 is 0. The van der Waals surface area contributed by atoms with Crippen LogP contribution in [0.2, 0.25) is 0 Å². The van der Waals surface area contributed by atoms with E-state index in [0.717, 1.165) is 56.6 Å². The van der Waals surface area contributed by atoms with E-state index in [0.29, 0.717) is 5.82 Å². The molecule has 7 heteroatoms. The number of aryl methyl sites for hydroxylation is 1. The number of benzene rings is 1. The zero-order chi connectivity index (χ0) is 19.1. The summed E-state index contributed by atoms with van der Waals surface area (Å²) in [5.74, 6) is 2.33. The predicted molar refractivity (Wildman–Crippen MR) is 111 cm³/mol. The second-order valence-electron chi connectivity index (χ2n) is 6.39. The van der Waals surface area contributed by atoms with Crippen LogP contribution in [-0.2, 0) is 4.74 Å². The molecular weight excluding hydrogens is 340 g/mol. The molecule has 1 aromatic carbocycles. The fourth-order valence-corrected chi connectivity index (χ4v) is 3.10. The molecule has 0 amide bonds. The molecule has 0 bridgehead atoms. The number of ether oxygens (including phenoxy) is 1. The van der Waals surface area contributed by atoms with E-state index < -0.39 is 0 Å². The summed E-state index contributed by atoms with van der Waals surface area (Å²) < 4.78 is 5.41. The van der Waals surface area contributed by atoms with Crippen molar-refractivity contribution in [1.82, 2.24) is 9.97 Å². The number of hydrogen-bond acceptors (Lipinski definition) is 7. The molecule has 3 rings (SSSR count). The molecule has 0 unspecified atom stereocenters. The first-order chi connectivity index (χ1) is 13.2. The summed E-state index contributed by atoms with van der Waals surface area (Å²) in [7, 11) is 0. The average molecular weight is 368 g/mol. The zero-order valence-electron chi connectivity index (χ0n) is 16.4. The van der Waals surface area contributed by atoms with Crippen LogP contribution in [0.5, 0.6) is 0 Å². The number of rotatable bonds is 7. The van der Waals surface area contributed by atoms with Crippen molar-refractivity contribution >= 4 is 23.5 Å². The molecule has 0 atom stereocenters. The number of anilines is 3. The highest BCUT2D eigenvalue weighted by atomic mass is 16.5. The van der Waals surface area contributed by atoms with Gasteiger partial charge in [0.25, 0.3) is 0 Å². The van der Waals surface area contributed by atoms with Crippen LogP contribution in [0.3, 0.4) is 0 Å². The minimum Gasteiger partial charge on any atom is -0.378 e. The van der Waals surface area contributed by atoms with Gasteiger partial charge in [0.15, 0.2) is 5.82 Å². The third-order valence-electron chi connectivity index (χ3n) is 4.57. The van der Waals surface area contributed by atoms with Gasteiger partial charge in [-0.25, -0.2) is 9.97 Å². The Bertz CT molecular complexity index is 752. The van der Waals surface area contributed by atoms with Crippen molar-refractivity contribution in [2.24, 2.45) is 5.10 Å². The largest absolute Gasteiger partial charge is 0.378 e. The molecule has 1 N–H and O–H groups in total. The number of nitrogens with one attached hydrogen (secondary N) is 1. The Morgan fingerprint density at radius 3 is 2.52 bits per heavy atom. The molecule has 1 aromatic heterocycles. The van der Waals surface area contributed by atoms with Crippen molar-refractivity contribution in [1.29, 1.82) is 0 Å². The molecular formula is C20H28N6O. The molecule has 7 nitrogen and oxygen atoms in total. The zero-order valence-corrected chi connectivity index (χ0v) is 16.4. The lowest BCUT2D eigenvalue weighted by molar-refractivity contribution is 0.122. The van der Waals surface area contributed by atoms with E-state index in [1.54, 1.807) is 6.21 Å². The van der Waals surface area contributed by atoms with Crippen LogP contribution in [0.4, 0.5) is 17.3 Å². The molecule has 1 fully saturated rings. The molecule has 1 aliphatic rings. The van der Waals surface area contributed by atoms with E-state index >= 15 is 0 Å². The van der Waals surface area contributed by atoms with E-state index in [2.05, 4.69) is 68.4 Å². The van der Waals surface area contributed by atoms with Crippen molar-refractivity contribution < 1.29 is 4.74 Å². The molecule has 1 aliphatic heterocycles. The van der Waals surface area contributed by atoms with Crippen molar-refractivity contribution in [2.75, 3.05) is 54.6 Å². The Morgan fingerprint density at radius 2 is 1.85 bits per heavy atom. The lowest BCUT2D eigenvalue weighted by Gasteiger charge is -2.28. The minimum absolute atomic E-state index is 0.694. The summed E-state index contributed by atoms with van der Waals surface area (Å²) in [6.45, 7) is 11.4. The van der Waals surface area contributed by atoms with Crippen molar-refractivity contribution in [3.8, 4) is 0 Å². The first-order valence-corrected chi connectivity index (χ1v) is 9.52. The molecule has 0 radical (unpaired) electrons.